The van der Waals surface area contributed by atoms with E-state index in [9.17, 15) is 4.79 Å². The van der Waals surface area contributed by atoms with E-state index < -0.39 is 0 Å². The smallest absolute Gasteiger partial charge is 0.323 e. The van der Waals surface area contributed by atoms with Crippen LogP contribution in [0.3, 0.4) is 0 Å². The first-order valence-corrected chi connectivity index (χ1v) is 5.69. The maximum Gasteiger partial charge on any atom is 0.323 e. The van der Waals surface area contributed by atoms with Crippen LogP contribution in [0.5, 0.6) is 0 Å². The molecular weight excluding hydrogens is 194 g/mol. The molecule has 15 heavy (non-hydrogen) atoms. The van der Waals surface area contributed by atoms with Crippen molar-refractivity contribution in [3.05, 3.63) is 0 Å². The van der Waals surface area contributed by atoms with Crippen LogP contribution in [-0.4, -0.2) is 50.3 Å². The van der Waals surface area contributed by atoms with E-state index in [1.807, 2.05) is 6.92 Å². The fourth-order valence-corrected chi connectivity index (χ4v) is 2.01. The first-order valence-electron chi connectivity index (χ1n) is 5.69. The molecule has 1 aliphatic rings. The summed E-state index contributed by atoms with van der Waals surface area (Å²) in [5, 5.41) is 0. The molecule has 0 amide bonds. The van der Waals surface area contributed by atoms with Gasteiger partial charge in [-0.3, -0.25) is 9.69 Å². The van der Waals surface area contributed by atoms with Gasteiger partial charge in [0.05, 0.1) is 6.61 Å². The van der Waals surface area contributed by atoms with Crippen LogP contribution in [0.25, 0.3) is 0 Å². The lowest BCUT2D eigenvalue weighted by molar-refractivity contribution is -0.148. The minimum atomic E-state index is -0.0626. The molecule has 88 valence electrons. The standard InChI is InChI=1S/C11H21NO3/c1-3-15-11(13)10-6-4-7-12(10)8-5-9-14-2/h10H,3-9H2,1-2H3. The third-order valence-corrected chi connectivity index (χ3v) is 2.72. The Balaban J connectivity index is 2.32. The Morgan fingerprint density at radius 2 is 2.33 bits per heavy atom. The minimum Gasteiger partial charge on any atom is -0.465 e. The summed E-state index contributed by atoms with van der Waals surface area (Å²) in [5.74, 6) is -0.0626. The topological polar surface area (TPSA) is 38.8 Å². The average molecular weight is 215 g/mol. The molecule has 0 aliphatic carbocycles. The quantitative estimate of drug-likeness (QED) is 0.490. The first-order chi connectivity index (χ1) is 7.29. The van der Waals surface area contributed by atoms with Crippen molar-refractivity contribution in [3.8, 4) is 0 Å². The van der Waals surface area contributed by atoms with Crippen molar-refractivity contribution in [2.45, 2.75) is 32.2 Å². The summed E-state index contributed by atoms with van der Waals surface area (Å²) in [7, 11) is 1.70. The van der Waals surface area contributed by atoms with E-state index in [0.717, 1.165) is 39.0 Å². The number of methoxy groups -OCH3 is 1. The maximum absolute atomic E-state index is 11.6. The molecule has 0 bridgehead atoms. The second kappa shape index (κ2) is 6.80. The molecule has 4 heteroatoms. The zero-order valence-electron chi connectivity index (χ0n) is 9.70. The zero-order chi connectivity index (χ0) is 11.1. The summed E-state index contributed by atoms with van der Waals surface area (Å²) in [5.41, 5.74) is 0. The van der Waals surface area contributed by atoms with Gasteiger partial charge >= 0.3 is 5.97 Å². The predicted molar refractivity (Wildman–Crippen MR) is 57.7 cm³/mol. The summed E-state index contributed by atoms with van der Waals surface area (Å²) in [6.45, 7) is 5.01. The van der Waals surface area contributed by atoms with Crippen LogP contribution in [-0.2, 0) is 14.3 Å². The number of nitrogens with zero attached hydrogens (tertiary/aromatic N) is 1. The van der Waals surface area contributed by atoms with Crippen molar-refractivity contribution in [1.29, 1.82) is 0 Å². The number of hydrogen-bond acceptors (Lipinski definition) is 4. The van der Waals surface area contributed by atoms with Gasteiger partial charge in [0.25, 0.3) is 0 Å². The summed E-state index contributed by atoms with van der Waals surface area (Å²) < 4.78 is 10.1. The number of ether oxygens (including phenoxy) is 2. The van der Waals surface area contributed by atoms with E-state index >= 15 is 0 Å². The van der Waals surface area contributed by atoms with Gasteiger partial charge in [-0.1, -0.05) is 0 Å². The Labute approximate surface area is 91.5 Å². The molecule has 1 rings (SSSR count). The van der Waals surface area contributed by atoms with Crippen LogP contribution in [0, 0.1) is 0 Å². The largest absolute Gasteiger partial charge is 0.465 e. The lowest BCUT2D eigenvalue weighted by atomic mass is 10.2. The number of esters is 1. The second-order valence-corrected chi connectivity index (χ2v) is 3.79. The summed E-state index contributed by atoms with van der Waals surface area (Å²) in [6, 6.07) is -0.0122. The molecule has 1 aliphatic heterocycles. The summed E-state index contributed by atoms with van der Waals surface area (Å²) in [6.07, 6.45) is 3.01. The molecule has 1 heterocycles. The van der Waals surface area contributed by atoms with E-state index in [1.54, 1.807) is 7.11 Å². The van der Waals surface area contributed by atoms with Crippen LogP contribution < -0.4 is 0 Å². The lowest BCUT2D eigenvalue weighted by Crippen LogP contribution is -2.38. The van der Waals surface area contributed by atoms with Crippen LogP contribution in [0.1, 0.15) is 26.2 Å². The van der Waals surface area contributed by atoms with E-state index in [-0.39, 0.29) is 12.0 Å². The van der Waals surface area contributed by atoms with Crippen LogP contribution in [0.4, 0.5) is 0 Å². The number of hydrogen-bond donors (Lipinski definition) is 0. The molecule has 0 aromatic rings. The third kappa shape index (κ3) is 3.80. The average Bonchev–Trinajstić information content (AvgIpc) is 2.67. The number of carbonyl (C=O) groups excluding carboxylic acids is 1. The van der Waals surface area contributed by atoms with Crippen LogP contribution >= 0.6 is 0 Å². The second-order valence-electron chi connectivity index (χ2n) is 3.79. The first kappa shape index (κ1) is 12.5. The molecule has 1 atom stereocenters. The Kier molecular flexibility index (Phi) is 5.65. The van der Waals surface area contributed by atoms with E-state index in [0.29, 0.717) is 6.61 Å². The van der Waals surface area contributed by atoms with E-state index in [2.05, 4.69) is 4.90 Å². The normalized spacial score (nSPS) is 21.9. The van der Waals surface area contributed by atoms with Crippen LogP contribution in [0.2, 0.25) is 0 Å². The highest BCUT2D eigenvalue weighted by molar-refractivity contribution is 5.76. The molecule has 1 unspecified atom stereocenters. The van der Waals surface area contributed by atoms with Gasteiger partial charge in [0.2, 0.25) is 0 Å². The predicted octanol–water partition coefficient (Wildman–Crippen LogP) is 1.05. The minimum absolute atomic E-state index is 0.0122. The highest BCUT2D eigenvalue weighted by Gasteiger charge is 2.30. The fraction of sp³-hybridized carbons (Fsp3) is 0.909. The fourth-order valence-electron chi connectivity index (χ4n) is 2.01. The molecule has 0 radical (unpaired) electrons. The lowest BCUT2D eigenvalue weighted by Gasteiger charge is -2.22. The molecule has 0 saturated carbocycles. The molecule has 0 N–H and O–H groups in total. The molecule has 1 fully saturated rings. The van der Waals surface area contributed by atoms with E-state index in [1.165, 1.54) is 0 Å². The van der Waals surface area contributed by atoms with E-state index in [4.69, 9.17) is 9.47 Å². The highest BCUT2D eigenvalue weighted by atomic mass is 16.5. The van der Waals surface area contributed by atoms with Gasteiger partial charge < -0.3 is 9.47 Å². The Morgan fingerprint density at radius 3 is 3.00 bits per heavy atom. The summed E-state index contributed by atoms with van der Waals surface area (Å²) >= 11 is 0. The molecule has 0 spiro atoms. The Bertz CT molecular complexity index is 196. The monoisotopic (exact) mass is 215 g/mol. The molecule has 0 aromatic heterocycles. The highest BCUT2D eigenvalue weighted by Crippen LogP contribution is 2.18. The van der Waals surface area contributed by atoms with Crippen molar-refractivity contribution >= 4 is 5.97 Å². The van der Waals surface area contributed by atoms with Crippen LogP contribution in [0.15, 0.2) is 0 Å². The van der Waals surface area contributed by atoms with Crippen molar-refractivity contribution in [2.75, 3.05) is 33.4 Å². The SMILES string of the molecule is CCOC(=O)C1CCCN1CCCOC. The Hall–Kier alpha value is -0.610. The maximum atomic E-state index is 11.6. The van der Waals surface area contributed by atoms with Crippen molar-refractivity contribution in [2.24, 2.45) is 0 Å². The van der Waals surface area contributed by atoms with Gasteiger partial charge in [0, 0.05) is 20.3 Å². The third-order valence-electron chi connectivity index (χ3n) is 2.72. The van der Waals surface area contributed by atoms with Gasteiger partial charge in [-0.15, -0.1) is 0 Å². The molecule has 0 aromatic carbocycles. The van der Waals surface area contributed by atoms with Gasteiger partial charge in [-0.05, 0) is 32.7 Å². The van der Waals surface area contributed by atoms with Gasteiger partial charge in [0.15, 0.2) is 0 Å². The van der Waals surface area contributed by atoms with Crippen molar-refractivity contribution in [3.63, 3.8) is 0 Å². The number of carbonyl (C=O) groups is 1. The summed E-state index contributed by atoms with van der Waals surface area (Å²) in [4.78, 5) is 13.8. The molecule has 4 nitrogen and oxygen atoms in total. The Morgan fingerprint density at radius 1 is 1.53 bits per heavy atom. The molecule has 1 saturated heterocycles. The van der Waals surface area contributed by atoms with Gasteiger partial charge in [0.1, 0.15) is 6.04 Å². The molecular formula is C11H21NO3. The zero-order valence-corrected chi connectivity index (χ0v) is 9.70. The number of likely N-dealkylation sites (tertiary alicyclic amines) is 1. The van der Waals surface area contributed by atoms with Crippen molar-refractivity contribution in [1.82, 2.24) is 4.90 Å². The van der Waals surface area contributed by atoms with Gasteiger partial charge in [-0.2, -0.15) is 0 Å². The number of rotatable bonds is 6. The van der Waals surface area contributed by atoms with Gasteiger partial charge in [-0.25, -0.2) is 0 Å². The van der Waals surface area contributed by atoms with Crippen molar-refractivity contribution < 1.29 is 14.3 Å².